The molecule has 10 heteroatoms. The first kappa shape index (κ1) is 19.1. The van der Waals surface area contributed by atoms with Gasteiger partial charge in [-0.1, -0.05) is 5.16 Å². The molecule has 4 rings (SSSR count). The van der Waals surface area contributed by atoms with Crippen molar-refractivity contribution in [2.45, 2.75) is 13.0 Å². The van der Waals surface area contributed by atoms with E-state index >= 15 is 0 Å². The van der Waals surface area contributed by atoms with E-state index in [0.717, 1.165) is 12.1 Å². The molecule has 3 aromatic rings. The summed E-state index contributed by atoms with van der Waals surface area (Å²) in [5.74, 6) is -1.79. The zero-order chi connectivity index (χ0) is 20.7. The molecule has 0 atom stereocenters. The number of aliphatic hydroxyl groups is 1. The summed E-state index contributed by atoms with van der Waals surface area (Å²) in [7, 11) is 1.53. The number of aromatic amines is 1. The van der Waals surface area contributed by atoms with E-state index in [0.29, 0.717) is 24.3 Å². The summed E-state index contributed by atoms with van der Waals surface area (Å²) in [5, 5.41) is 13.0. The van der Waals surface area contributed by atoms with E-state index in [1.54, 1.807) is 0 Å². The van der Waals surface area contributed by atoms with Gasteiger partial charge in [0.2, 0.25) is 0 Å². The average molecular weight is 404 g/mol. The number of likely N-dealkylation sites (N-methyl/N-ethyl adjacent to an activating group) is 1. The van der Waals surface area contributed by atoms with Gasteiger partial charge in [0, 0.05) is 43.6 Å². The molecule has 29 heavy (non-hydrogen) atoms. The van der Waals surface area contributed by atoms with Crippen LogP contribution >= 0.6 is 0 Å². The van der Waals surface area contributed by atoms with Crippen molar-refractivity contribution in [2.75, 3.05) is 26.7 Å². The third-order valence-corrected chi connectivity index (χ3v) is 4.98. The predicted molar refractivity (Wildman–Crippen MR) is 97.2 cm³/mol. The quantitative estimate of drug-likeness (QED) is 0.689. The summed E-state index contributed by atoms with van der Waals surface area (Å²) >= 11 is 0. The maximum absolute atomic E-state index is 13.9. The Morgan fingerprint density at radius 3 is 2.90 bits per heavy atom. The largest absolute Gasteiger partial charge is 0.395 e. The van der Waals surface area contributed by atoms with Crippen molar-refractivity contribution in [3.63, 3.8) is 0 Å². The maximum atomic E-state index is 13.9. The second kappa shape index (κ2) is 7.28. The van der Waals surface area contributed by atoms with Crippen LogP contribution in [0.25, 0.3) is 10.9 Å². The van der Waals surface area contributed by atoms with Crippen LogP contribution in [0.4, 0.5) is 8.78 Å². The van der Waals surface area contributed by atoms with Gasteiger partial charge in [-0.05, 0) is 12.1 Å². The van der Waals surface area contributed by atoms with Gasteiger partial charge in [0.1, 0.15) is 23.1 Å². The monoisotopic (exact) mass is 404 g/mol. The number of amides is 2. The smallest absolute Gasteiger partial charge is 0.276 e. The van der Waals surface area contributed by atoms with E-state index in [-0.39, 0.29) is 42.0 Å². The van der Waals surface area contributed by atoms with Crippen LogP contribution in [-0.2, 0) is 13.0 Å². The minimum atomic E-state index is -0.755. The summed E-state index contributed by atoms with van der Waals surface area (Å²) in [6.45, 7) is 0.371. The number of hydrogen-bond acceptors (Lipinski definition) is 5. The zero-order valence-corrected chi connectivity index (χ0v) is 15.5. The van der Waals surface area contributed by atoms with E-state index < -0.39 is 23.4 Å². The van der Waals surface area contributed by atoms with E-state index in [9.17, 15) is 18.4 Å². The lowest BCUT2D eigenvalue weighted by atomic mass is 10.0. The molecule has 0 spiro atoms. The standard InChI is InChI=1S/C19H18F2N4O4/c1-24(4-5-26)19(28)17-12-9-25(3-2-16(12)29-23-17)18(27)15-8-11-13(21)6-10(20)7-14(11)22-15/h6-8,22,26H,2-5,9H2,1H3. The Labute approximate surface area is 163 Å². The topological polar surface area (TPSA) is 103 Å². The average Bonchev–Trinajstić information content (AvgIpc) is 3.30. The van der Waals surface area contributed by atoms with Crippen LogP contribution in [0.2, 0.25) is 0 Å². The Bertz CT molecular complexity index is 1110. The van der Waals surface area contributed by atoms with Gasteiger partial charge in [0.15, 0.2) is 5.69 Å². The Hall–Kier alpha value is -3.27. The predicted octanol–water partition coefficient (Wildman–Crippen LogP) is 1.70. The molecule has 0 bridgehead atoms. The molecule has 2 N–H and O–H groups in total. The van der Waals surface area contributed by atoms with Crippen LogP contribution in [0, 0.1) is 11.6 Å². The minimum absolute atomic E-state index is 0.0952. The molecule has 0 unspecified atom stereocenters. The first-order valence-corrected chi connectivity index (χ1v) is 9.00. The molecule has 152 valence electrons. The number of aliphatic hydroxyl groups excluding tert-OH is 1. The van der Waals surface area contributed by atoms with Crippen molar-refractivity contribution >= 4 is 22.7 Å². The molecule has 3 heterocycles. The first-order chi connectivity index (χ1) is 13.9. The van der Waals surface area contributed by atoms with Gasteiger partial charge < -0.3 is 24.4 Å². The number of aromatic nitrogens is 2. The van der Waals surface area contributed by atoms with E-state index in [4.69, 9.17) is 9.63 Å². The first-order valence-electron chi connectivity index (χ1n) is 9.00. The van der Waals surface area contributed by atoms with Crippen molar-refractivity contribution in [3.8, 4) is 0 Å². The van der Waals surface area contributed by atoms with Crippen molar-refractivity contribution in [2.24, 2.45) is 0 Å². The molecule has 0 saturated carbocycles. The van der Waals surface area contributed by atoms with Crippen molar-refractivity contribution in [3.05, 3.63) is 52.5 Å². The van der Waals surface area contributed by atoms with Gasteiger partial charge in [0.25, 0.3) is 11.8 Å². The van der Waals surface area contributed by atoms with Gasteiger partial charge >= 0.3 is 0 Å². The Kier molecular flexibility index (Phi) is 4.79. The van der Waals surface area contributed by atoms with Crippen molar-refractivity contribution in [1.82, 2.24) is 19.9 Å². The molecule has 0 saturated heterocycles. The van der Waals surface area contributed by atoms with Gasteiger partial charge in [-0.2, -0.15) is 0 Å². The van der Waals surface area contributed by atoms with Crippen LogP contribution in [0.5, 0.6) is 0 Å². The molecule has 1 aliphatic rings. The fourth-order valence-electron chi connectivity index (χ4n) is 3.43. The Balaban J connectivity index is 1.60. The number of nitrogens with zero attached hydrogens (tertiary/aromatic N) is 3. The minimum Gasteiger partial charge on any atom is -0.395 e. The highest BCUT2D eigenvalue weighted by atomic mass is 19.1. The van der Waals surface area contributed by atoms with E-state index in [2.05, 4.69) is 10.1 Å². The summed E-state index contributed by atoms with van der Waals surface area (Å²) < 4.78 is 32.6. The maximum Gasteiger partial charge on any atom is 0.276 e. The highest BCUT2D eigenvalue weighted by Gasteiger charge is 2.31. The molecule has 0 fully saturated rings. The van der Waals surface area contributed by atoms with Gasteiger partial charge in [-0.25, -0.2) is 8.78 Å². The highest BCUT2D eigenvalue weighted by Crippen LogP contribution is 2.26. The number of fused-ring (bicyclic) bond motifs is 2. The molecular formula is C19H18F2N4O4. The fraction of sp³-hybridized carbons (Fsp3) is 0.316. The normalized spacial score (nSPS) is 13.6. The molecule has 2 amide bonds. The lowest BCUT2D eigenvalue weighted by Crippen LogP contribution is -2.37. The van der Waals surface area contributed by atoms with E-state index in [1.165, 1.54) is 22.9 Å². The van der Waals surface area contributed by atoms with Gasteiger partial charge in [-0.3, -0.25) is 9.59 Å². The SMILES string of the molecule is CN(CCO)C(=O)c1noc2c1CN(C(=O)c1cc3c(F)cc(F)cc3[nH]1)CC2. The number of halogens is 2. The molecular weight excluding hydrogens is 386 g/mol. The van der Waals surface area contributed by atoms with Gasteiger partial charge in [-0.15, -0.1) is 0 Å². The van der Waals surface area contributed by atoms with E-state index in [1.807, 2.05) is 0 Å². The molecule has 1 aliphatic heterocycles. The van der Waals surface area contributed by atoms with Gasteiger partial charge in [0.05, 0.1) is 18.7 Å². The van der Waals surface area contributed by atoms with Crippen LogP contribution in [0.3, 0.4) is 0 Å². The van der Waals surface area contributed by atoms with Crippen LogP contribution in [0.1, 0.15) is 32.3 Å². The molecule has 0 radical (unpaired) electrons. The summed E-state index contributed by atoms with van der Waals surface area (Å²) in [5.41, 5.74) is 0.913. The number of H-pyrrole nitrogens is 1. The second-order valence-corrected chi connectivity index (χ2v) is 6.89. The van der Waals surface area contributed by atoms with Crippen LogP contribution in [0.15, 0.2) is 22.7 Å². The van der Waals surface area contributed by atoms with Crippen molar-refractivity contribution < 1.29 is 28.0 Å². The second-order valence-electron chi connectivity index (χ2n) is 6.89. The van der Waals surface area contributed by atoms with Crippen LogP contribution < -0.4 is 0 Å². The lowest BCUT2D eigenvalue weighted by molar-refractivity contribution is 0.0713. The van der Waals surface area contributed by atoms with Crippen molar-refractivity contribution in [1.29, 1.82) is 0 Å². The third-order valence-electron chi connectivity index (χ3n) is 4.98. The number of benzene rings is 1. The van der Waals surface area contributed by atoms with Crippen LogP contribution in [-0.4, -0.2) is 63.6 Å². The Morgan fingerprint density at radius 1 is 1.34 bits per heavy atom. The third kappa shape index (κ3) is 3.35. The highest BCUT2D eigenvalue weighted by molar-refractivity contribution is 5.99. The molecule has 1 aromatic carbocycles. The zero-order valence-electron chi connectivity index (χ0n) is 15.5. The number of rotatable bonds is 4. The molecule has 2 aromatic heterocycles. The lowest BCUT2D eigenvalue weighted by Gasteiger charge is -2.26. The summed E-state index contributed by atoms with van der Waals surface area (Å²) in [6.07, 6.45) is 0.369. The Morgan fingerprint density at radius 2 is 2.14 bits per heavy atom. The summed E-state index contributed by atoms with van der Waals surface area (Å²) in [6, 6.07) is 3.23. The number of hydrogen-bond donors (Lipinski definition) is 2. The number of nitrogens with one attached hydrogen (secondary N) is 1. The molecule has 0 aliphatic carbocycles. The molecule has 8 nitrogen and oxygen atoms in total. The number of carbonyl (C=O) groups is 2. The summed E-state index contributed by atoms with van der Waals surface area (Å²) in [4.78, 5) is 31.0. The number of carbonyl (C=O) groups excluding carboxylic acids is 2. The fourth-order valence-corrected chi connectivity index (χ4v) is 3.43.